The molecule has 0 saturated carbocycles. The van der Waals surface area contributed by atoms with E-state index in [1.54, 1.807) is 28.1 Å². The van der Waals surface area contributed by atoms with E-state index in [9.17, 15) is 14.7 Å². The van der Waals surface area contributed by atoms with E-state index in [1.165, 1.54) is 18.0 Å². The predicted molar refractivity (Wildman–Crippen MR) is 181 cm³/mol. The molecular weight excluding hydrogens is 630 g/mol. The van der Waals surface area contributed by atoms with E-state index < -0.39 is 35.7 Å². The van der Waals surface area contributed by atoms with Crippen LogP contribution in [-0.2, 0) is 24.6 Å². The molecule has 1 amide bonds. The van der Waals surface area contributed by atoms with E-state index in [0.717, 1.165) is 16.7 Å². The van der Waals surface area contributed by atoms with Gasteiger partial charge < -0.3 is 28.8 Å². The first kappa shape index (κ1) is 33.8. The quantitative estimate of drug-likeness (QED) is 0.166. The number of nitrogens with zero attached hydrogens (tertiary/aromatic N) is 3. The van der Waals surface area contributed by atoms with Crippen molar-refractivity contribution in [3.8, 4) is 11.5 Å². The molecule has 1 aliphatic rings. The van der Waals surface area contributed by atoms with Crippen LogP contribution in [0.25, 0.3) is 11.2 Å². The highest BCUT2D eigenvalue weighted by atomic mass is 16.6. The Hall–Kier alpha value is -5.08. The molecule has 0 bridgehead atoms. The number of methoxy groups -OCH3 is 3. The van der Waals surface area contributed by atoms with Gasteiger partial charge in [0.25, 0.3) is 5.56 Å². The number of hydrogen-bond acceptors (Lipinski definition) is 10. The molecule has 6 rings (SSSR count). The number of carbonyl (C=O) groups excluding carboxylic acids is 1. The van der Waals surface area contributed by atoms with Crippen LogP contribution in [0, 0.1) is 5.92 Å². The number of amides is 1. The van der Waals surface area contributed by atoms with Crippen molar-refractivity contribution < 1.29 is 33.6 Å². The number of nitrogens with one attached hydrogen (secondary N) is 2. The number of aliphatic hydroxyl groups excluding tert-OH is 1. The summed E-state index contributed by atoms with van der Waals surface area (Å²) in [5.41, 5.74) is 0.972. The minimum Gasteiger partial charge on any atom is -0.497 e. The monoisotopic (exact) mass is 669 g/mol. The van der Waals surface area contributed by atoms with Crippen molar-refractivity contribution in [3.63, 3.8) is 0 Å². The van der Waals surface area contributed by atoms with Gasteiger partial charge in [0.1, 0.15) is 35.4 Å². The van der Waals surface area contributed by atoms with E-state index in [0.29, 0.717) is 11.5 Å². The van der Waals surface area contributed by atoms with Gasteiger partial charge in [0.05, 0.1) is 27.2 Å². The van der Waals surface area contributed by atoms with Gasteiger partial charge in [-0.2, -0.15) is 4.98 Å². The zero-order valence-electron chi connectivity index (χ0n) is 27.8. The van der Waals surface area contributed by atoms with E-state index in [-0.39, 0.29) is 35.5 Å². The SMILES string of the molecule is COc1ccc(C(OC[C@H]2O[C@@H](n3cnc4c(=O)[nH]c(NC(=O)C(C)C)nc43)[C@@H](O)C2OC)(c2ccccc2)c2ccc(OC)cc2)cc1. The molecule has 1 fully saturated rings. The van der Waals surface area contributed by atoms with E-state index >= 15 is 0 Å². The molecule has 5 aromatic rings. The molecular formula is C36H39N5O8. The molecule has 2 aromatic heterocycles. The highest BCUT2D eigenvalue weighted by Gasteiger charge is 2.48. The Morgan fingerprint density at radius 3 is 2.10 bits per heavy atom. The molecule has 13 nitrogen and oxygen atoms in total. The Labute approximate surface area is 282 Å². The summed E-state index contributed by atoms with van der Waals surface area (Å²) >= 11 is 0. The van der Waals surface area contributed by atoms with Gasteiger partial charge in [-0.1, -0.05) is 68.4 Å². The first-order chi connectivity index (χ1) is 23.7. The molecule has 13 heteroatoms. The number of benzene rings is 3. The molecule has 0 radical (unpaired) electrons. The summed E-state index contributed by atoms with van der Waals surface area (Å²) < 4.78 is 31.6. The van der Waals surface area contributed by atoms with Crippen molar-refractivity contribution in [2.24, 2.45) is 5.92 Å². The summed E-state index contributed by atoms with van der Waals surface area (Å²) in [5.74, 6) is 0.681. The maximum absolute atomic E-state index is 12.9. The van der Waals surface area contributed by atoms with Gasteiger partial charge >= 0.3 is 0 Å². The average Bonchev–Trinajstić information content (AvgIpc) is 3.69. The van der Waals surface area contributed by atoms with Gasteiger partial charge in [0, 0.05) is 13.0 Å². The van der Waals surface area contributed by atoms with E-state index in [2.05, 4.69) is 20.3 Å². The minimum absolute atomic E-state index is 0.0185. The maximum atomic E-state index is 12.9. The van der Waals surface area contributed by atoms with Gasteiger partial charge in [-0.25, -0.2) is 4.98 Å². The molecule has 4 atom stereocenters. The Morgan fingerprint density at radius 1 is 0.959 bits per heavy atom. The summed E-state index contributed by atoms with van der Waals surface area (Å²) in [7, 11) is 4.71. The fraction of sp³-hybridized carbons (Fsp3) is 0.333. The number of imidazole rings is 1. The molecule has 1 aliphatic heterocycles. The molecule has 0 spiro atoms. The maximum Gasteiger partial charge on any atom is 0.280 e. The molecule has 49 heavy (non-hydrogen) atoms. The number of aromatic amines is 1. The number of H-pyrrole nitrogens is 1. The van der Waals surface area contributed by atoms with Crippen LogP contribution in [0.2, 0.25) is 0 Å². The van der Waals surface area contributed by atoms with E-state index in [4.69, 9.17) is 23.7 Å². The van der Waals surface area contributed by atoms with Crippen LogP contribution in [0.3, 0.4) is 0 Å². The normalized spacial score (nSPS) is 19.3. The summed E-state index contributed by atoms with van der Waals surface area (Å²) in [4.78, 5) is 36.4. The average molecular weight is 670 g/mol. The molecule has 0 aliphatic carbocycles. The smallest absolute Gasteiger partial charge is 0.280 e. The molecule has 3 aromatic carbocycles. The predicted octanol–water partition coefficient (Wildman–Crippen LogP) is 4.01. The van der Waals surface area contributed by atoms with Crippen LogP contribution in [0.5, 0.6) is 11.5 Å². The third kappa shape index (κ3) is 6.41. The highest BCUT2D eigenvalue weighted by Crippen LogP contribution is 2.43. The first-order valence-electron chi connectivity index (χ1n) is 15.8. The van der Waals surface area contributed by atoms with Crippen molar-refractivity contribution in [1.82, 2.24) is 19.5 Å². The van der Waals surface area contributed by atoms with Crippen LogP contribution in [0.1, 0.15) is 36.8 Å². The Kier molecular flexibility index (Phi) is 9.79. The summed E-state index contributed by atoms with van der Waals surface area (Å²) in [6, 6.07) is 25.1. The fourth-order valence-corrected chi connectivity index (χ4v) is 6.09. The Morgan fingerprint density at radius 2 is 1.55 bits per heavy atom. The Bertz CT molecular complexity index is 1900. The van der Waals surface area contributed by atoms with Crippen LogP contribution >= 0.6 is 0 Å². The van der Waals surface area contributed by atoms with Crippen molar-refractivity contribution in [1.29, 1.82) is 0 Å². The highest BCUT2D eigenvalue weighted by molar-refractivity contribution is 5.91. The van der Waals surface area contributed by atoms with Gasteiger partial charge in [-0.05, 0) is 41.0 Å². The lowest BCUT2D eigenvalue weighted by Crippen LogP contribution is -2.40. The van der Waals surface area contributed by atoms with Crippen molar-refractivity contribution in [2.45, 2.75) is 44.0 Å². The summed E-state index contributed by atoms with van der Waals surface area (Å²) in [6.07, 6.45) is -2.47. The van der Waals surface area contributed by atoms with Gasteiger partial charge in [0.2, 0.25) is 11.9 Å². The van der Waals surface area contributed by atoms with E-state index in [1.807, 2.05) is 78.9 Å². The fourth-order valence-electron chi connectivity index (χ4n) is 6.09. The number of anilines is 1. The molecule has 3 heterocycles. The van der Waals surface area contributed by atoms with Crippen molar-refractivity contribution >= 4 is 23.0 Å². The molecule has 1 saturated heterocycles. The van der Waals surface area contributed by atoms with Crippen LogP contribution < -0.4 is 20.3 Å². The van der Waals surface area contributed by atoms with Crippen LogP contribution in [0.4, 0.5) is 5.95 Å². The number of carbonyl (C=O) groups is 1. The zero-order valence-corrected chi connectivity index (χ0v) is 27.8. The molecule has 256 valence electrons. The number of aliphatic hydroxyl groups is 1. The zero-order chi connectivity index (χ0) is 34.7. The number of fused-ring (bicyclic) bond motifs is 1. The minimum atomic E-state index is -1.20. The second-order valence-corrected chi connectivity index (χ2v) is 12.0. The number of aromatic nitrogens is 4. The summed E-state index contributed by atoms with van der Waals surface area (Å²) in [6.45, 7) is 3.43. The first-order valence-corrected chi connectivity index (χ1v) is 15.8. The second-order valence-electron chi connectivity index (χ2n) is 12.0. The van der Waals surface area contributed by atoms with Gasteiger partial charge in [-0.3, -0.25) is 24.5 Å². The Balaban J connectivity index is 1.38. The number of hydrogen-bond donors (Lipinski definition) is 3. The topological polar surface area (TPSA) is 159 Å². The number of rotatable bonds is 12. The molecule has 1 unspecified atom stereocenters. The van der Waals surface area contributed by atoms with Crippen LogP contribution in [-0.4, -0.2) is 76.8 Å². The lowest BCUT2D eigenvalue weighted by atomic mass is 9.80. The standard InChI is InChI=1S/C36H39N5O8/c1-21(2)32(43)39-35-38-31-28(33(44)40-35)37-20-41(31)34-29(42)30(47-5)27(49-34)19-48-36(22-9-7-6-8-10-22,23-11-15-25(45-3)16-12-23)24-13-17-26(46-4)18-14-24/h6-18,20-21,27,29-30,34,42H,19H2,1-5H3,(H2,38,39,40,43,44)/t27-,29+,30?,34-/m1/s1. The second kappa shape index (κ2) is 14.2. The van der Waals surface area contributed by atoms with Crippen molar-refractivity contribution in [3.05, 3.63) is 112 Å². The van der Waals surface area contributed by atoms with Crippen LogP contribution in [0.15, 0.2) is 90.0 Å². The lowest BCUT2D eigenvalue weighted by Gasteiger charge is -2.37. The molecule has 3 N–H and O–H groups in total. The largest absolute Gasteiger partial charge is 0.497 e. The lowest BCUT2D eigenvalue weighted by molar-refractivity contribution is -0.118. The third-order valence-corrected chi connectivity index (χ3v) is 8.69. The van der Waals surface area contributed by atoms with Gasteiger partial charge in [-0.15, -0.1) is 0 Å². The third-order valence-electron chi connectivity index (χ3n) is 8.69. The van der Waals surface area contributed by atoms with Gasteiger partial charge in [0.15, 0.2) is 17.4 Å². The summed E-state index contributed by atoms with van der Waals surface area (Å²) in [5, 5.41) is 14.1. The number of ether oxygens (including phenoxy) is 5. The van der Waals surface area contributed by atoms with Crippen molar-refractivity contribution in [2.75, 3.05) is 33.3 Å².